The first kappa shape index (κ1) is 7.74. The van der Waals surface area contributed by atoms with Crippen molar-refractivity contribution >= 4 is 5.78 Å². The van der Waals surface area contributed by atoms with Crippen LogP contribution >= 0.6 is 0 Å². The van der Waals surface area contributed by atoms with E-state index in [0.29, 0.717) is 6.42 Å². The Morgan fingerprint density at radius 1 is 1.75 bits per heavy atom. The van der Waals surface area contributed by atoms with Crippen LogP contribution in [0.25, 0.3) is 0 Å². The summed E-state index contributed by atoms with van der Waals surface area (Å²) in [5.41, 5.74) is -0.826. The van der Waals surface area contributed by atoms with Crippen molar-refractivity contribution in [3.8, 4) is 0 Å². The van der Waals surface area contributed by atoms with E-state index in [0.717, 1.165) is 6.42 Å². The Morgan fingerprint density at radius 3 is 3.17 bits per heavy atom. The number of ketones is 1. The average molecular weight is 164 g/mol. The highest BCUT2D eigenvalue weighted by Gasteiger charge is 2.48. The van der Waals surface area contributed by atoms with Crippen LogP contribution in [0.2, 0.25) is 0 Å². The minimum absolute atomic E-state index is 0.0116. The van der Waals surface area contributed by atoms with Gasteiger partial charge in [0.05, 0.1) is 5.60 Å². The fourth-order valence-corrected chi connectivity index (χ4v) is 2.26. The zero-order valence-electron chi connectivity index (χ0n) is 6.86. The monoisotopic (exact) mass is 164 g/mol. The number of fused-ring (bicyclic) bond motifs is 1. The molecule has 0 unspecified atom stereocenters. The van der Waals surface area contributed by atoms with Crippen molar-refractivity contribution in [1.82, 2.24) is 0 Å². The summed E-state index contributed by atoms with van der Waals surface area (Å²) in [6.07, 6.45) is 6.44. The third-order valence-corrected chi connectivity index (χ3v) is 3.05. The lowest BCUT2D eigenvalue weighted by atomic mass is 9.88. The van der Waals surface area contributed by atoms with E-state index < -0.39 is 5.60 Å². The van der Waals surface area contributed by atoms with Crippen molar-refractivity contribution in [3.05, 3.63) is 24.8 Å². The molecule has 2 aliphatic carbocycles. The van der Waals surface area contributed by atoms with Crippen LogP contribution in [-0.2, 0) is 4.79 Å². The number of allylic oxidation sites excluding steroid dienone is 1. The summed E-state index contributed by atoms with van der Waals surface area (Å²) < 4.78 is 0. The molecule has 0 aromatic carbocycles. The van der Waals surface area contributed by atoms with Gasteiger partial charge in [-0.3, -0.25) is 4.79 Å². The van der Waals surface area contributed by atoms with Gasteiger partial charge in [0.25, 0.3) is 0 Å². The molecule has 0 aromatic heterocycles. The lowest BCUT2D eigenvalue weighted by Gasteiger charge is -2.23. The standard InChI is InChI=1S/C10H12O2/c1-2-10(12)6-5-7-8(10)3-4-9(7)11/h2-4,7-8,12H,1,5-6H2/t7-,8-,10+/m1/s1. The number of hydrogen-bond acceptors (Lipinski definition) is 2. The molecule has 1 fully saturated rings. The van der Waals surface area contributed by atoms with Gasteiger partial charge in [-0.15, -0.1) is 6.58 Å². The summed E-state index contributed by atoms with van der Waals surface area (Å²) in [6, 6.07) is 0. The number of aliphatic hydroxyl groups is 1. The van der Waals surface area contributed by atoms with E-state index in [1.807, 2.05) is 6.08 Å². The average Bonchev–Trinajstić information content (AvgIpc) is 2.57. The van der Waals surface area contributed by atoms with E-state index in [2.05, 4.69) is 6.58 Å². The van der Waals surface area contributed by atoms with Crippen LogP contribution in [0.4, 0.5) is 0 Å². The molecule has 64 valence electrons. The van der Waals surface area contributed by atoms with Gasteiger partial charge >= 0.3 is 0 Å². The number of hydrogen-bond donors (Lipinski definition) is 1. The Labute approximate surface area is 71.6 Å². The van der Waals surface area contributed by atoms with E-state index >= 15 is 0 Å². The number of rotatable bonds is 1. The molecule has 0 saturated heterocycles. The van der Waals surface area contributed by atoms with Gasteiger partial charge in [0, 0.05) is 11.8 Å². The maximum atomic E-state index is 11.2. The van der Waals surface area contributed by atoms with Gasteiger partial charge < -0.3 is 5.11 Å². The van der Waals surface area contributed by atoms with Crippen LogP contribution in [0.3, 0.4) is 0 Å². The molecule has 0 radical (unpaired) electrons. The second-order valence-corrected chi connectivity index (χ2v) is 3.63. The molecule has 0 bridgehead atoms. The minimum Gasteiger partial charge on any atom is -0.385 e. The van der Waals surface area contributed by atoms with Crippen molar-refractivity contribution in [2.75, 3.05) is 0 Å². The van der Waals surface area contributed by atoms with Crippen LogP contribution < -0.4 is 0 Å². The van der Waals surface area contributed by atoms with Crippen molar-refractivity contribution in [3.63, 3.8) is 0 Å². The van der Waals surface area contributed by atoms with Gasteiger partial charge in [0.1, 0.15) is 0 Å². The summed E-state index contributed by atoms with van der Waals surface area (Å²) in [7, 11) is 0. The van der Waals surface area contributed by atoms with Crippen molar-refractivity contribution in [2.45, 2.75) is 18.4 Å². The Bertz CT molecular complexity index is 267. The highest BCUT2D eigenvalue weighted by molar-refractivity contribution is 5.95. The summed E-state index contributed by atoms with van der Waals surface area (Å²) in [6.45, 7) is 3.60. The minimum atomic E-state index is -0.826. The van der Waals surface area contributed by atoms with Crippen LogP contribution in [0.15, 0.2) is 24.8 Å². The van der Waals surface area contributed by atoms with Gasteiger partial charge in [-0.1, -0.05) is 12.2 Å². The number of carbonyl (C=O) groups excluding carboxylic acids is 1. The summed E-state index contributed by atoms with van der Waals surface area (Å²) in [5, 5.41) is 9.97. The third-order valence-electron chi connectivity index (χ3n) is 3.05. The molecule has 2 aliphatic rings. The van der Waals surface area contributed by atoms with Crippen LogP contribution in [0.5, 0.6) is 0 Å². The summed E-state index contributed by atoms with van der Waals surface area (Å²) >= 11 is 0. The predicted octanol–water partition coefficient (Wildman–Crippen LogP) is 1.07. The first-order chi connectivity index (χ1) is 5.67. The van der Waals surface area contributed by atoms with E-state index in [1.54, 1.807) is 12.2 Å². The molecule has 0 spiro atoms. The lowest BCUT2D eigenvalue weighted by molar-refractivity contribution is -0.118. The SMILES string of the molecule is C=C[C@]1(O)CC[C@H]2C(=O)C=C[C@H]21. The normalized spacial score (nSPS) is 44.9. The lowest BCUT2D eigenvalue weighted by Crippen LogP contribution is -2.30. The Kier molecular flexibility index (Phi) is 1.48. The summed E-state index contributed by atoms with van der Waals surface area (Å²) in [4.78, 5) is 11.2. The second-order valence-electron chi connectivity index (χ2n) is 3.63. The molecule has 3 atom stereocenters. The third kappa shape index (κ3) is 0.815. The van der Waals surface area contributed by atoms with Crippen molar-refractivity contribution in [2.24, 2.45) is 11.8 Å². The maximum absolute atomic E-state index is 11.2. The van der Waals surface area contributed by atoms with Crippen molar-refractivity contribution < 1.29 is 9.90 Å². The predicted molar refractivity (Wildman–Crippen MR) is 45.5 cm³/mol. The van der Waals surface area contributed by atoms with Crippen LogP contribution in [-0.4, -0.2) is 16.5 Å². The molecule has 1 N–H and O–H groups in total. The first-order valence-corrected chi connectivity index (χ1v) is 4.25. The largest absolute Gasteiger partial charge is 0.385 e. The molecule has 2 rings (SSSR count). The van der Waals surface area contributed by atoms with E-state index in [9.17, 15) is 9.90 Å². The fourth-order valence-electron chi connectivity index (χ4n) is 2.26. The second kappa shape index (κ2) is 2.30. The molecular weight excluding hydrogens is 152 g/mol. The van der Waals surface area contributed by atoms with Crippen LogP contribution in [0.1, 0.15) is 12.8 Å². The zero-order valence-corrected chi connectivity index (χ0v) is 6.86. The molecule has 12 heavy (non-hydrogen) atoms. The maximum Gasteiger partial charge on any atom is 0.159 e. The van der Waals surface area contributed by atoms with Gasteiger partial charge in [0.2, 0.25) is 0 Å². The van der Waals surface area contributed by atoms with Gasteiger partial charge in [0.15, 0.2) is 5.78 Å². The smallest absolute Gasteiger partial charge is 0.159 e. The molecule has 2 nitrogen and oxygen atoms in total. The highest BCUT2D eigenvalue weighted by atomic mass is 16.3. The van der Waals surface area contributed by atoms with E-state index in [1.165, 1.54) is 0 Å². The van der Waals surface area contributed by atoms with E-state index in [-0.39, 0.29) is 17.6 Å². The quantitative estimate of drug-likeness (QED) is 0.588. The fraction of sp³-hybridized carbons (Fsp3) is 0.500. The van der Waals surface area contributed by atoms with Crippen molar-refractivity contribution in [1.29, 1.82) is 0 Å². The number of carbonyl (C=O) groups is 1. The zero-order chi connectivity index (χ0) is 8.77. The summed E-state index contributed by atoms with van der Waals surface area (Å²) in [5.74, 6) is 0.174. The first-order valence-electron chi connectivity index (χ1n) is 4.25. The molecule has 0 aliphatic heterocycles. The molecule has 1 saturated carbocycles. The van der Waals surface area contributed by atoms with Crippen LogP contribution in [0, 0.1) is 11.8 Å². The Hall–Kier alpha value is -0.890. The van der Waals surface area contributed by atoms with Gasteiger partial charge in [-0.25, -0.2) is 0 Å². The topological polar surface area (TPSA) is 37.3 Å². The van der Waals surface area contributed by atoms with E-state index in [4.69, 9.17) is 0 Å². The molecule has 0 heterocycles. The molecular formula is C10H12O2. The highest BCUT2D eigenvalue weighted by Crippen LogP contribution is 2.45. The molecule has 0 amide bonds. The van der Waals surface area contributed by atoms with Gasteiger partial charge in [-0.05, 0) is 18.9 Å². The Morgan fingerprint density at radius 2 is 2.50 bits per heavy atom. The Balaban J connectivity index is 2.32. The molecule has 2 heteroatoms. The van der Waals surface area contributed by atoms with Gasteiger partial charge in [-0.2, -0.15) is 0 Å². The molecule has 0 aromatic rings.